The topological polar surface area (TPSA) is 49.4 Å². The quantitative estimate of drug-likeness (QED) is 0.145. The molecule has 0 saturated carbocycles. The highest BCUT2D eigenvalue weighted by Gasteiger charge is 2.67. The maximum atomic E-state index is 7.56. The van der Waals surface area contributed by atoms with E-state index in [1.165, 1.54) is 0 Å². The number of hydrogen-bond acceptors (Lipinski definition) is 6. The molecule has 5 aromatic carbocycles. The summed E-state index contributed by atoms with van der Waals surface area (Å²) in [6.07, 6.45) is -1.71. The summed E-state index contributed by atoms with van der Waals surface area (Å²) < 4.78 is 36.6. The lowest BCUT2D eigenvalue weighted by Gasteiger charge is -2.41. The second-order valence-electron chi connectivity index (χ2n) is 13.5. The van der Waals surface area contributed by atoms with Crippen LogP contribution >= 0.6 is 8.60 Å². The van der Waals surface area contributed by atoms with Gasteiger partial charge in [0.2, 0.25) is 0 Å². The van der Waals surface area contributed by atoms with E-state index in [1.807, 2.05) is 105 Å². The van der Waals surface area contributed by atoms with Gasteiger partial charge in [0, 0.05) is 6.04 Å². The Morgan fingerprint density at radius 2 is 0.878 bits per heavy atom. The summed E-state index contributed by atoms with van der Waals surface area (Å²) in [6, 6.07) is 51.5. The Balaban J connectivity index is 1.53. The van der Waals surface area contributed by atoms with Crippen LogP contribution in [0, 0.1) is 0 Å². The Morgan fingerprint density at radius 1 is 0.551 bits per heavy atom. The normalized spacial score (nSPS) is 22.6. The molecule has 0 unspecified atom stereocenters. The number of fused-ring (bicyclic) bond motifs is 1. The molecule has 252 valence electrons. The van der Waals surface area contributed by atoms with Crippen LogP contribution in [0.4, 0.5) is 0 Å². The summed E-state index contributed by atoms with van der Waals surface area (Å²) >= 11 is 0. The maximum absolute atomic E-state index is 7.56. The minimum Gasteiger partial charge on any atom is -0.341 e. The first-order valence-corrected chi connectivity index (χ1v) is 18.0. The maximum Gasteiger partial charge on any atom is 0.336 e. The van der Waals surface area contributed by atoms with Gasteiger partial charge in [0.1, 0.15) is 18.3 Å². The van der Waals surface area contributed by atoms with Crippen LogP contribution in [-0.2, 0) is 34.2 Å². The molecule has 0 aromatic heterocycles. The predicted octanol–water partition coefficient (Wildman–Crippen LogP) is 9.38. The van der Waals surface area contributed by atoms with Gasteiger partial charge in [0.25, 0.3) is 0 Å². The van der Waals surface area contributed by atoms with E-state index in [2.05, 4.69) is 86.6 Å². The molecule has 7 rings (SSSR count). The second kappa shape index (κ2) is 13.9. The van der Waals surface area contributed by atoms with E-state index in [1.54, 1.807) is 0 Å². The Morgan fingerprint density at radius 3 is 1.20 bits per heavy atom. The van der Waals surface area contributed by atoms with E-state index in [4.69, 9.17) is 23.0 Å². The molecule has 0 aliphatic carbocycles. The average Bonchev–Trinajstić information content (AvgIpc) is 3.43. The van der Waals surface area contributed by atoms with Crippen LogP contribution in [0.3, 0.4) is 0 Å². The molecule has 5 aromatic rings. The van der Waals surface area contributed by atoms with Crippen LogP contribution in [0.2, 0.25) is 0 Å². The van der Waals surface area contributed by atoms with Crippen molar-refractivity contribution in [3.05, 3.63) is 179 Å². The van der Waals surface area contributed by atoms with Crippen LogP contribution in [-0.4, -0.2) is 43.0 Å². The summed E-state index contributed by atoms with van der Waals surface area (Å²) in [5.74, 6) is -0.960. The van der Waals surface area contributed by atoms with E-state index >= 15 is 0 Å². The Hall–Kier alpha value is -3.71. The molecule has 2 heterocycles. The number of ether oxygens (including phenoxy) is 2. The predicted molar refractivity (Wildman–Crippen MR) is 194 cm³/mol. The van der Waals surface area contributed by atoms with Gasteiger partial charge in [0.15, 0.2) is 17.0 Å². The summed E-state index contributed by atoms with van der Waals surface area (Å²) in [4.78, 5) is 2.16. The lowest BCUT2D eigenvalue weighted by Crippen LogP contribution is -2.53. The van der Waals surface area contributed by atoms with Crippen LogP contribution in [0.5, 0.6) is 0 Å². The van der Waals surface area contributed by atoms with Crippen molar-refractivity contribution >= 4 is 8.60 Å². The van der Waals surface area contributed by atoms with E-state index in [0.29, 0.717) is 0 Å². The minimum absolute atomic E-state index is 0.0167. The average molecular weight is 674 g/mol. The number of hydrogen-bond donors (Lipinski definition) is 0. The van der Waals surface area contributed by atoms with Crippen molar-refractivity contribution in [1.29, 1.82) is 0 Å². The van der Waals surface area contributed by atoms with Crippen molar-refractivity contribution in [2.75, 3.05) is 14.1 Å². The standard InChI is InChI=1S/C42H44NO5P/c1-31(43(4)5)37(32-21-11-6-12-22-32)46-49-47-41(33-23-13-7-14-24-33,34-25-15-8-16-26-34)38-39(45-40(2,3)44-38)42(48-49,35-27-17-9-18-28-35)36-29-19-10-20-30-36/h6-31,37-39H,1-5H3/t31-,37-,38-,39-/m0/s1. The third-order valence-electron chi connectivity index (χ3n) is 9.73. The molecule has 49 heavy (non-hydrogen) atoms. The van der Waals surface area contributed by atoms with Gasteiger partial charge in [-0.25, -0.2) is 0 Å². The molecule has 0 amide bonds. The zero-order chi connectivity index (χ0) is 34.1. The van der Waals surface area contributed by atoms with E-state index in [0.717, 1.165) is 27.8 Å². The fourth-order valence-corrected chi connectivity index (χ4v) is 8.84. The Bertz CT molecular complexity index is 1610. The number of likely N-dealkylation sites (N-methyl/N-ethyl adjacent to an activating group) is 1. The number of nitrogens with zero attached hydrogens (tertiary/aromatic N) is 1. The molecule has 0 bridgehead atoms. The van der Waals surface area contributed by atoms with Crippen LogP contribution in [0.15, 0.2) is 152 Å². The highest BCUT2D eigenvalue weighted by molar-refractivity contribution is 7.41. The smallest absolute Gasteiger partial charge is 0.336 e. The minimum atomic E-state index is -2.13. The van der Waals surface area contributed by atoms with Crippen molar-refractivity contribution < 1.29 is 23.0 Å². The van der Waals surface area contributed by atoms with Crippen molar-refractivity contribution in [3.63, 3.8) is 0 Å². The first kappa shape index (κ1) is 33.8. The zero-order valence-corrected chi connectivity index (χ0v) is 29.6. The van der Waals surface area contributed by atoms with Crippen LogP contribution < -0.4 is 0 Å². The van der Waals surface area contributed by atoms with Gasteiger partial charge < -0.3 is 18.9 Å². The molecule has 4 atom stereocenters. The third-order valence-corrected chi connectivity index (χ3v) is 11.0. The largest absolute Gasteiger partial charge is 0.341 e. The second-order valence-corrected chi connectivity index (χ2v) is 14.5. The fraction of sp³-hybridized carbons (Fsp3) is 0.286. The first-order valence-electron chi connectivity index (χ1n) is 16.9. The molecule has 0 N–H and O–H groups in total. The fourth-order valence-electron chi connectivity index (χ4n) is 7.13. The highest BCUT2D eigenvalue weighted by Crippen LogP contribution is 2.66. The summed E-state index contributed by atoms with van der Waals surface area (Å²) in [5.41, 5.74) is 2.36. The molecular weight excluding hydrogens is 629 g/mol. The molecule has 2 aliphatic heterocycles. The SMILES string of the molecule is C[C@@H]([C@H](OP1OC(c2ccccc2)(c2ccccc2)[C@H]2OC(C)(C)O[C@@H]2C(c2ccccc2)(c2ccccc2)O1)c1ccccc1)N(C)C. The Kier molecular flexibility index (Phi) is 9.58. The molecule has 2 fully saturated rings. The molecule has 6 nitrogen and oxygen atoms in total. The number of rotatable bonds is 9. The van der Waals surface area contributed by atoms with E-state index < -0.39 is 37.8 Å². The zero-order valence-electron chi connectivity index (χ0n) is 28.7. The summed E-state index contributed by atoms with van der Waals surface area (Å²) in [6.45, 7) is 6.09. The van der Waals surface area contributed by atoms with Gasteiger partial charge in [-0.15, -0.1) is 0 Å². The summed E-state index contributed by atoms with van der Waals surface area (Å²) in [7, 11) is 2.00. The van der Waals surface area contributed by atoms with Crippen molar-refractivity contribution in [3.8, 4) is 0 Å². The van der Waals surface area contributed by atoms with Gasteiger partial charge in [-0.05, 0) is 62.7 Å². The summed E-state index contributed by atoms with van der Waals surface area (Å²) in [5, 5.41) is 0. The van der Waals surface area contributed by atoms with Gasteiger partial charge in [-0.2, -0.15) is 0 Å². The number of benzene rings is 5. The molecule has 2 saturated heterocycles. The molecule has 7 heteroatoms. The highest BCUT2D eigenvalue weighted by atomic mass is 31.2. The van der Waals surface area contributed by atoms with E-state index in [9.17, 15) is 0 Å². The van der Waals surface area contributed by atoms with E-state index in [-0.39, 0.29) is 12.1 Å². The van der Waals surface area contributed by atoms with Crippen LogP contribution in [0.1, 0.15) is 54.7 Å². The first-order chi connectivity index (χ1) is 23.7. The molecular formula is C42H44NO5P. The van der Waals surface area contributed by atoms with Crippen molar-refractivity contribution in [1.82, 2.24) is 4.90 Å². The molecule has 2 aliphatic rings. The third kappa shape index (κ3) is 6.28. The van der Waals surface area contributed by atoms with Gasteiger partial charge in [0.05, 0.1) is 0 Å². The molecule has 0 radical (unpaired) electrons. The Labute approximate surface area is 291 Å². The monoisotopic (exact) mass is 673 g/mol. The van der Waals surface area contributed by atoms with Gasteiger partial charge in [-0.1, -0.05) is 152 Å². The van der Waals surface area contributed by atoms with Gasteiger partial charge in [-0.3, -0.25) is 9.05 Å². The van der Waals surface area contributed by atoms with Crippen molar-refractivity contribution in [2.45, 2.75) is 62.1 Å². The molecule has 0 spiro atoms. The van der Waals surface area contributed by atoms with Crippen molar-refractivity contribution in [2.24, 2.45) is 0 Å². The lowest BCUT2D eigenvalue weighted by atomic mass is 9.72. The van der Waals surface area contributed by atoms with Crippen LogP contribution in [0.25, 0.3) is 0 Å². The van der Waals surface area contributed by atoms with Gasteiger partial charge >= 0.3 is 8.60 Å². The lowest BCUT2D eigenvalue weighted by molar-refractivity contribution is -0.177.